The van der Waals surface area contributed by atoms with E-state index in [1.165, 1.54) is 55.1 Å². The van der Waals surface area contributed by atoms with Crippen molar-refractivity contribution in [2.45, 2.75) is 85.5 Å². The Morgan fingerprint density at radius 3 is 1.49 bits per heavy atom. The molecular formula is C43H50BNSi2. The average Bonchev–Trinajstić information content (AvgIpc) is 3.05. The zero-order chi connectivity index (χ0) is 33.4. The van der Waals surface area contributed by atoms with Crippen LogP contribution >= 0.6 is 0 Å². The van der Waals surface area contributed by atoms with Gasteiger partial charge in [-0.3, -0.25) is 0 Å². The lowest BCUT2D eigenvalue weighted by molar-refractivity contribution is 0.812. The molecule has 0 fully saturated rings. The molecule has 238 valence electrons. The third kappa shape index (κ3) is 4.94. The van der Waals surface area contributed by atoms with Gasteiger partial charge in [0, 0.05) is 17.1 Å². The van der Waals surface area contributed by atoms with Gasteiger partial charge in [-0.15, -0.1) is 0 Å². The Kier molecular flexibility index (Phi) is 7.84. The summed E-state index contributed by atoms with van der Waals surface area (Å²) in [6, 6.07) is 40.4. The molecule has 47 heavy (non-hydrogen) atoms. The van der Waals surface area contributed by atoms with Crippen molar-refractivity contribution in [3.05, 3.63) is 120 Å². The number of benzene rings is 5. The smallest absolute Gasteiger partial charge is 0.241 e. The minimum absolute atomic E-state index is 0.221. The first-order valence-electron chi connectivity index (χ1n) is 17.7. The van der Waals surface area contributed by atoms with Gasteiger partial charge in [-0.25, -0.2) is 0 Å². The van der Waals surface area contributed by atoms with Gasteiger partial charge >= 0.3 is 0 Å². The van der Waals surface area contributed by atoms with Gasteiger partial charge < -0.3 is 4.90 Å². The molecule has 0 aliphatic carbocycles. The van der Waals surface area contributed by atoms with Crippen LogP contribution in [-0.4, -0.2) is 22.9 Å². The molecule has 4 heteroatoms. The lowest BCUT2D eigenvalue weighted by atomic mass is 9.34. The zero-order valence-electron chi connectivity index (χ0n) is 30.1. The van der Waals surface area contributed by atoms with Gasteiger partial charge in [0.1, 0.15) is 16.1 Å². The highest BCUT2D eigenvalue weighted by atomic mass is 28.3. The van der Waals surface area contributed by atoms with E-state index < -0.39 is 16.1 Å². The van der Waals surface area contributed by atoms with E-state index in [1.807, 2.05) is 0 Å². The molecule has 0 unspecified atom stereocenters. The highest BCUT2D eigenvalue weighted by Gasteiger charge is 2.44. The van der Waals surface area contributed by atoms with Crippen molar-refractivity contribution in [3.8, 4) is 0 Å². The fourth-order valence-electron chi connectivity index (χ4n) is 8.71. The summed E-state index contributed by atoms with van der Waals surface area (Å²) < 4.78 is 0. The van der Waals surface area contributed by atoms with E-state index in [0.717, 1.165) is 0 Å². The molecule has 0 aromatic heterocycles. The maximum Gasteiger partial charge on any atom is 0.241 e. The third-order valence-electron chi connectivity index (χ3n) is 11.3. The van der Waals surface area contributed by atoms with Crippen molar-refractivity contribution in [2.75, 3.05) is 4.90 Å². The first-order valence-corrected chi connectivity index (χ1v) is 23.7. The van der Waals surface area contributed by atoms with Gasteiger partial charge in [0.2, 0.25) is 6.71 Å². The van der Waals surface area contributed by atoms with Crippen LogP contribution in [-0.2, 0) is 0 Å². The first-order chi connectivity index (χ1) is 22.3. The van der Waals surface area contributed by atoms with Gasteiger partial charge in [-0.05, 0) is 69.1 Å². The van der Waals surface area contributed by atoms with Crippen LogP contribution in [0.5, 0.6) is 0 Å². The molecular weight excluding hydrogens is 597 g/mol. The molecule has 1 nitrogen and oxygen atoms in total. The lowest BCUT2D eigenvalue weighted by Crippen LogP contribution is -2.77. The fraction of sp³-hybridized carbons (Fsp3) is 0.302. The largest absolute Gasteiger partial charge is 0.311 e. The van der Waals surface area contributed by atoms with Crippen LogP contribution in [0.1, 0.15) is 76.0 Å². The molecule has 0 spiro atoms. The van der Waals surface area contributed by atoms with Crippen LogP contribution in [0, 0.1) is 0 Å². The van der Waals surface area contributed by atoms with Gasteiger partial charge in [0.15, 0.2) is 0 Å². The Morgan fingerprint density at radius 2 is 0.957 bits per heavy atom. The normalized spacial score (nSPS) is 15.9. The van der Waals surface area contributed by atoms with Crippen molar-refractivity contribution < 1.29 is 0 Å². The van der Waals surface area contributed by atoms with Gasteiger partial charge in [-0.1, -0.05) is 173 Å². The third-order valence-corrected chi connectivity index (χ3v) is 18.4. The van der Waals surface area contributed by atoms with E-state index in [4.69, 9.17) is 0 Å². The number of anilines is 3. The standard InChI is InChI=1S/C43H50BNSi2/c1-28(2)31-25-33(29(3)4)43(34(26-31)30(5)6)44-35-17-11-14-20-39(35)46(7,8)42-27-32(23-24-36(42)44)45-37-18-12-15-21-40(37)47(9,10)41-22-16-13-19-38(41)45/h11-30H,1-10H3. The van der Waals surface area contributed by atoms with E-state index in [1.54, 1.807) is 15.8 Å². The zero-order valence-corrected chi connectivity index (χ0v) is 32.1. The number of hydrogen-bond donors (Lipinski definition) is 0. The summed E-state index contributed by atoms with van der Waals surface area (Å²) in [4.78, 5) is 2.57. The SMILES string of the molecule is CC(C)c1cc(C(C)C)c(B2c3ccccc3[Si](C)(C)c3cc(N4c5ccccc5[Si](C)(C)c5ccccc54)ccc32)c(C(C)C)c1. The van der Waals surface area contributed by atoms with Crippen LogP contribution < -0.4 is 42.0 Å². The van der Waals surface area contributed by atoms with E-state index in [-0.39, 0.29) is 6.71 Å². The molecule has 0 bridgehead atoms. The first kappa shape index (κ1) is 32.0. The Hall–Kier alpha value is -3.60. The number of para-hydroxylation sites is 2. The predicted molar refractivity (Wildman–Crippen MR) is 214 cm³/mol. The highest BCUT2D eigenvalue weighted by molar-refractivity contribution is 7.14. The second-order valence-corrected chi connectivity index (χ2v) is 24.6. The van der Waals surface area contributed by atoms with Gasteiger partial charge in [0.05, 0.1) is 0 Å². The minimum Gasteiger partial charge on any atom is -0.311 e. The van der Waals surface area contributed by atoms with Crippen LogP contribution in [0.25, 0.3) is 0 Å². The van der Waals surface area contributed by atoms with Crippen molar-refractivity contribution in [3.63, 3.8) is 0 Å². The molecule has 5 aromatic rings. The Labute approximate surface area is 286 Å². The van der Waals surface area contributed by atoms with Gasteiger partial charge in [0.25, 0.3) is 0 Å². The van der Waals surface area contributed by atoms with E-state index in [0.29, 0.717) is 17.8 Å². The number of nitrogens with zero attached hydrogens (tertiary/aromatic N) is 1. The quantitative estimate of drug-likeness (QED) is 0.181. The summed E-state index contributed by atoms with van der Waals surface area (Å²) in [7, 11) is -3.89. The number of fused-ring (bicyclic) bond motifs is 4. The van der Waals surface area contributed by atoms with E-state index in [9.17, 15) is 0 Å². The summed E-state index contributed by atoms with van der Waals surface area (Å²) >= 11 is 0. The van der Waals surface area contributed by atoms with E-state index >= 15 is 0 Å². The van der Waals surface area contributed by atoms with Crippen LogP contribution in [0.3, 0.4) is 0 Å². The van der Waals surface area contributed by atoms with Gasteiger partial charge in [-0.2, -0.15) is 0 Å². The Bertz CT molecular complexity index is 1920. The monoisotopic (exact) mass is 647 g/mol. The molecule has 7 rings (SSSR count). The van der Waals surface area contributed by atoms with Crippen molar-refractivity contribution >= 4 is 77.1 Å². The predicted octanol–water partition coefficient (Wildman–Crippen LogP) is 7.31. The minimum atomic E-state index is -2.05. The molecule has 0 atom stereocenters. The molecule has 2 aliphatic rings. The summed E-state index contributed by atoms with van der Waals surface area (Å²) in [5.41, 5.74) is 13.1. The van der Waals surface area contributed by atoms with Crippen LogP contribution in [0.15, 0.2) is 103 Å². The summed E-state index contributed by atoms with van der Waals surface area (Å²) in [6.07, 6.45) is 0. The Balaban J connectivity index is 1.51. The van der Waals surface area contributed by atoms with Crippen LogP contribution in [0.2, 0.25) is 26.2 Å². The van der Waals surface area contributed by atoms with Crippen molar-refractivity contribution in [2.24, 2.45) is 0 Å². The van der Waals surface area contributed by atoms with E-state index in [2.05, 4.69) is 176 Å². The van der Waals surface area contributed by atoms with Crippen molar-refractivity contribution in [1.29, 1.82) is 0 Å². The van der Waals surface area contributed by atoms with Crippen molar-refractivity contribution in [1.82, 2.24) is 0 Å². The number of hydrogen-bond acceptors (Lipinski definition) is 1. The Morgan fingerprint density at radius 1 is 0.489 bits per heavy atom. The summed E-state index contributed by atoms with van der Waals surface area (Å²) in [6.45, 7) is 24.6. The molecule has 2 aliphatic heterocycles. The molecule has 0 saturated carbocycles. The molecule has 5 aromatic carbocycles. The second-order valence-electron chi connectivity index (χ2n) is 16.0. The summed E-state index contributed by atoms with van der Waals surface area (Å²) in [5, 5.41) is 6.20. The molecule has 0 saturated heterocycles. The number of rotatable bonds is 5. The average molecular weight is 648 g/mol. The maximum absolute atomic E-state index is 2.60. The molecule has 2 heterocycles. The molecule has 0 radical (unpaired) electrons. The lowest BCUT2D eigenvalue weighted by Gasteiger charge is -2.43. The highest BCUT2D eigenvalue weighted by Crippen LogP contribution is 2.38. The second kappa shape index (κ2) is 11.5. The van der Waals surface area contributed by atoms with Crippen LogP contribution in [0.4, 0.5) is 17.1 Å². The molecule has 0 amide bonds. The summed E-state index contributed by atoms with van der Waals surface area (Å²) in [5.74, 6) is 1.39. The maximum atomic E-state index is 2.60. The topological polar surface area (TPSA) is 3.24 Å². The fourth-order valence-corrected chi connectivity index (χ4v) is 14.9. The molecule has 0 N–H and O–H groups in total.